The van der Waals surface area contributed by atoms with Crippen molar-refractivity contribution < 1.29 is 33.6 Å². The maximum atomic E-state index is 13.1. The minimum atomic E-state index is -0.772. The second kappa shape index (κ2) is 10.6. The first-order valence-corrected chi connectivity index (χ1v) is 10.8. The summed E-state index contributed by atoms with van der Waals surface area (Å²) in [6, 6.07) is 11.1. The van der Waals surface area contributed by atoms with Gasteiger partial charge in [0.25, 0.3) is 17.5 Å². The summed E-state index contributed by atoms with van der Waals surface area (Å²) in [6.07, 6.45) is 0. The molecule has 0 bridgehead atoms. The largest absolute Gasteiger partial charge is 0.465 e. The highest BCUT2D eigenvalue weighted by atomic mass is 32.1. The molecule has 2 N–H and O–H groups in total. The molecule has 1 aromatic heterocycles. The fourth-order valence-electron chi connectivity index (χ4n) is 3.13. The van der Waals surface area contributed by atoms with Crippen LogP contribution in [-0.4, -0.2) is 42.9 Å². The number of nitro groups is 1. The third-order valence-corrected chi connectivity index (χ3v) is 6.10. The van der Waals surface area contributed by atoms with Gasteiger partial charge >= 0.3 is 11.9 Å². The van der Waals surface area contributed by atoms with Crippen LogP contribution in [0.1, 0.15) is 46.3 Å². The zero-order valence-electron chi connectivity index (χ0n) is 18.7. The van der Waals surface area contributed by atoms with Crippen molar-refractivity contribution in [2.45, 2.75) is 6.92 Å². The zero-order valence-corrected chi connectivity index (χ0v) is 19.6. The van der Waals surface area contributed by atoms with E-state index < -0.39 is 28.7 Å². The van der Waals surface area contributed by atoms with Gasteiger partial charge in [-0.15, -0.1) is 11.3 Å². The lowest BCUT2D eigenvalue weighted by Crippen LogP contribution is -2.15. The Morgan fingerprint density at radius 3 is 2.11 bits per heavy atom. The molecule has 0 atom stereocenters. The Morgan fingerprint density at radius 1 is 0.886 bits per heavy atom. The van der Waals surface area contributed by atoms with Crippen molar-refractivity contribution in [1.29, 1.82) is 0 Å². The van der Waals surface area contributed by atoms with Gasteiger partial charge in [0.05, 0.1) is 40.8 Å². The summed E-state index contributed by atoms with van der Waals surface area (Å²) in [5, 5.41) is 16.1. The number of nitrogens with zero attached hydrogens (tertiary/aromatic N) is 1. The van der Waals surface area contributed by atoms with E-state index in [1.54, 1.807) is 12.1 Å². The van der Waals surface area contributed by atoms with Gasteiger partial charge in [-0.1, -0.05) is 12.1 Å². The number of benzene rings is 2. The molecule has 180 valence electrons. The normalized spacial score (nSPS) is 10.3. The molecule has 2 aromatic carbocycles. The van der Waals surface area contributed by atoms with E-state index in [4.69, 9.17) is 9.47 Å². The zero-order chi connectivity index (χ0) is 25.7. The van der Waals surface area contributed by atoms with E-state index in [0.29, 0.717) is 0 Å². The number of thiophene rings is 1. The van der Waals surface area contributed by atoms with Crippen LogP contribution in [0.2, 0.25) is 0 Å². The Balaban J connectivity index is 1.94. The number of methoxy groups -OCH3 is 2. The molecule has 2 amide bonds. The van der Waals surface area contributed by atoms with Gasteiger partial charge in [-0.3, -0.25) is 19.7 Å². The van der Waals surface area contributed by atoms with Gasteiger partial charge in [0.1, 0.15) is 5.00 Å². The Kier molecular flexibility index (Phi) is 7.56. The first kappa shape index (κ1) is 25.1. The lowest BCUT2D eigenvalue weighted by atomic mass is 10.1. The predicted molar refractivity (Wildman–Crippen MR) is 127 cm³/mol. The second-order valence-corrected chi connectivity index (χ2v) is 8.02. The summed E-state index contributed by atoms with van der Waals surface area (Å²) in [4.78, 5) is 60.5. The minimum Gasteiger partial charge on any atom is -0.465 e. The van der Waals surface area contributed by atoms with Crippen LogP contribution in [0.3, 0.4) is 0 Å². The van der Waals surface area contributed by atoms with Crippen molar-refractivity contribution in [3.05, 3.63) is 85.8 Å². The van der Waals surface area contributed by atoms with Crippen molar-refractivity contribution >= 4 is 51.5 Å². The first-order chi connectivity index (χ1) is 16.7. The Morgan fingerprint density at radius 2 is 1.51 bits per heavy atom. The van der Waals surface area contributed by atoms with Crippen LogP contribution in [0.25, 0.3) is 0 Å². The number of rotatable bonds is 7. The molecule has 11 nitrogen and oxygen atoms in total. The summed E-state index contributed by atoms with van der Waals surface area (Å²) < 4.78 is 9.54. The van der Waals surface area contributed by atoms with E-state index in [-0.39, 0.29) is 43.5 Å². The summed E-state index contributed by atoms with van der Waals surface area (Å²) in [5.41, 5.74) is 0.504. The molecule has 35 heavy (non-hydrogen) atoms. The highest BCUT2D eigenvalue weighted by Crippen LogP contribution is 2.35. The molecule has 0 saturated heterocycles. The van der Waals surface area contributed by atoms with Crippen molar-refractivity contribution in [3.63, 3.8) is 0 Å². The van der Waals surface area contributed by atoms with Gasteiger partial charge in [0.15, 0.2) is 0 Å². The summed E-state index contributed by atoms with van der Waals surface area (Å²) in [6.45, 7) is 1.52. The number of carbonyl (C=O) groups excluding carboxylic acids is 4. The number of para-hydroxylation sites is 1. The smallest absolute Gasteiger partial charge is 0.341 e. The molecule has 12 heteroatoms. The number of hydrogen-bond acceptors (Lipinski definition) is 9. The topological polar surface area (TPSA) is 154 Å². The van der Waals surface area contributed by atoms with E-state index in [9.17, 15) is 29.3 Å². The molecule has 0 aliphatic rings. The monoisotopic (exact) mass is 497 g/mol. The number of ether oxygens (including phenoxy) is 2. The van der Waals surface area contributed by atoms with Gasteiger partial charge in [-0.05, 0) is 36.8 Å². The lowest BCUT2D eigenvalue weighted by Gasteiger charge is -2.09. The molecule has 3 aromatic rings. The maximum absolute atomic E-state index is 13.1. The maximum Gasteiger partial charge on any atom is 0.341 e. The van der Waals surface area contributed by atoms with Gasteiger partial charge in [-0.25, -0.2) is 9.59 Å². The molecule has 0 radical (unpaired) electrons. The van der Waals surface area contributed by atoms with Crippen LogP contribution in [0.15, 0.2) is 48.5 Å². The average molecular weight is 497 g/mol. The molecule has 1 heterocycles. The number of non-ortho nitro benzene ring substituents is 1. The first-order valence-electron chi connectivity index (χ1n) is 9.94. The number of esters is 2. The Labute approximate surface area is 202 Å². The third-order valence-electron chi connectivity index (χ3n) is 4.89. The second-order valence-electron chi connectivity index (χ2n) is 7.00. The van der Waals surface area contributed by atoms with Gasteiger partial charge in [0, 0.05) is 17.7 Å². The van der Waals surface area contributed by atoms with Crippen LogP contribution >= 0.6 is 11.3 Å². The molecule has 3 rings (SSSR count). The van der Waals surface area contributed by atoms with Crippen molar-refractivity contribution in [2.24, 2.45) is 0 Å². The number of anilines is 2. The van der Waals surface area contributed by atoms with Crippen molar-refractivity contribution in [3.8, 4) is 0 Å². The van der Waals surface area contributed by atoms with E-state index >= 15 is 0 Å². The Bertz CT molecular complexity index is 1330. The predicted octanol–water partition coefficient (Wildman–Crippen LogP) is 4.04. The van der Waals surface area contributed by atoms with Crippen LogP contribution in [0, 0.1) is 17.0 Å². The number of hydrogen-bond donors (Lipinski definition) is 2. The van der Waals surface area contributed by atoms with Crippen LogP contribution < -0.4 is 10.6 Å². The molecule has 0 spiro atoms. The number of amides is 2. The van der Waals surface area contributed by atoms with Crippen LogP contribution in [0.5, 0.6) is 0 Å². The third kappa shape index (κ3) is 5.33. The van der Waals surface area contributed by atoms with Crippen molar-refractivity contribution in [2.75, 3.05) is 24.9 Å². The lowest BCUT2D eigenvalue weighted by molar-refractivity contribution is -0.384. The quantitative estimate of drug-likeness (QED) is 0.282. The fourth-order valence-corrected chi connectivity index (χ4v) is 4.22. The van der Waals surface area contributed by atoms with E-state index in [1.165, 1.54) is 50.4 Å². The van der Waals surface area contributed by atoms with E-state index in [2.05, 4.69) is 10.6 Å². The number of nitrogens with one attached hydrogen (secondary N) is 2. The van der Waals surface area contributed by atoms with E-state index in [1.807, 2.05) is 0 Å². The highest BCUT2D eigenvalue weighted by Gasteiger charge is 2.27. The summed E-state index contributed by atoms with van der Waals surface area (Å²) in [7, 11) is 2.38. The van der Waals surface area contributed by atoms with Crippen LogP contribution in [0.4, 0.5) is 16.4 Å². The number of carbonyl (C=O) groups is 4. The molecular weight excluding hydrogens is 478 g/mol. The molecule has 0 saturated carbocycles. The standard InChI is InChI=1S/C23H19N3O8S/c1-12-17(23(30)34-3)21(25-19(27)13-8-10-14(11-9-13)26(31)32)35-18(12)20(28)24-16-7-5-4-6-15(16)22(29)33-2/h4-11H,1-3H3,(H,24,28)(H,25,27). The minimum absolute atomic E-state index is 0.0147. The van der Waals surface area contributed by atoms with E-state index in [0.717, 1.165) is 18.4 Å². The van der Waals surface area contributed by atoms with Crippen molar-refractivity contribution in [1.82, 2.24) is 0 Å². The highest BCUT2D eigenvalue weighted by molar-refractivity contribution is 7.19. The van der Waals surface area contributed by atoms with Crippen LogP contribution in [-0.2, 0) is 9.47 Å². The fraction of sp³-hybridized carbons (Fsp3) is 0.130. The molecule has 0 aliphatic heterocycles. The Hall–Kier alpha value is -4.58. The molecular formula is C23H19N3O8S. The molecule has 0 fully saturated rings. The average Bonchev–Trinajstić information content (AvgIpc) is 3.18. The number of nitro benzene ring substituents is 1. The molecule has 0 unspecified atom stereocenters. The SMILES string of the molecule is COC(=O)c1ccccc1NC(=O)c1sc(NC(=O)c2ccc([N+](=O)[O-])cc2)c(C(=O)OC)c1C. The summed E-state index contributed by atoms with van der Waals surface area (Å²) >= 11 is 0.839. The van der Waals surface area contributed by atoms with Gasteiger partial charge in [0.2, 0.25) is 0 Å². The summed E-state index contributed by atoms with van der Waals surface area (Å²) in [5.74, 6) is -2.68. The molecule has 0 aliphatic carbocycles. The van der Waals surface area contributed by atoms with Gasteiger partial charge in [-0.2, -0.15) is 0 Å². The van der Waals surface area contributed by atoms with Gasteiger partial charge < -0.3 is 20.1 Å².